The van der Waals surface area contributed by atoms with Gasteiger partial charge >= 0.3 is 5.97 Å². The molecule has 4 nitrogen and oxygen atoms in total. The van der Waals surface area contributed by atoms with Gasteiger partial charge in [0.1, 0.15) is 5.78 Å². The molecule has 0 N–H and O–H groups in total. The van der Waals surface area contributed by atoms with Crippen LogP contribution in [0.5, 0.6) is 0 Å². The summed E-state index contributed by atoms with van der Waals surface area (Å²) in [5.74, 6) is 0.103. The SMILES string of the molecule is CCOC(=O)C(CC(=O)[C](C)C)OC. The summed E-state index contributed by atoms with van der Waals surface area (Å²) in [6.45, 7) is 5.42. The summed E-state index contributed by atoms with van der Waals surface area (Å²) < 4.78 is 9.63. The molecule has 0 aromatic carbocycles. The lowest BCUT2D eigenvalue weighted by atomic mass is 10.0. The fourth-order valence-corrected chi connectivity index (χ4v) is 0.871. The van der Waals surface area contributed by atoms with Gasteiger partial charge < -0.3 is 9.47 Å². The van der Waals surface area contributed by atoms with Gasteiger partial charge in [0.25, 0.3) is 0 Å². The Morgan fingerprint density at radius 2 is 1.86 bits per heavy atom. The lowest BCUT2D eigenvalue weighted by Crippen LogP contribution is -2.29. The minimum Gasteiger partial charge on any atom is -0.464 e. The van der Waals surface area contributed by atoms with Crippen LogP contribution in [-0.4, -0.2) is 31.6 Å². The van der Waals surface area contributed by atoms with Crippen molar-refractivity contribution in [3.05, 3.63) is 5.92 Å². The van der Waals surface area contributed by atoms with Gasteiger partial charge in [-0.1, -0.05) is 13.8 Å². The number of esters is 1. The smallest absolute Gasteiger partial charge is 0.335 e. The van der Waals surface area contributed by atoms with Gasteiger partial charge in [-0.25, -0.2) is 4.79 Å². The molecule has 14 heavy (non-hydrogen) atoms. The van der Waals surface area contributed by atoms with Gasteiger partial charge in [-0.3, -0.25) is 4.79 Å². The first-order valence-electron chi connectivity index (χ1n) is 4.55. The molecule has 0 saturated carbocycles. The third-order valence-corrected chi connectivity index (χ3v) is 1.76. The topological polar surface area (TPSA) is 52.6 Å². The molecular weight excluding hydrogens is 184 g/mol. The van der Waals surface area contributed by atoms with Crippen LogP contribution in [0.3, 0.4) is 0 Å². The Labute approximate surface area is 84.6 Å². The van der Waals surface area contributed by atoms with Crippen LogP contribution in [0.2, 0.25) is 0 Å². The largest absolute Gasteiger partial charge is 0.464 e. The van der Waals surface area contributed by atoms with Gasteiger partial charge in [-0.05, 0) is 6.92 Å². The van der Waals surface area contributed by atoms with Crippen molar-refractivity contribution in [2.24, 2.45) is 0 Å². The zero-order valence-corrected chi connectivity index (χ0v) is 9.12. The molecule has 1 radical (unpaired) electrons. The second-order valence-electron chi connectivity index (χ2n) is 3.10. The minimum atomic E-state index is -0.780. The molecule has 0 rings (SSSR count). The number of ether oxygens (including phenoxy) is 2. The summed E-state index contributed by atoms with van der Waals surface area (Å²) in [4.78, 5) is 22.5. The molecule has 1 unspecified atom stereocenters. The first-order valence-corrected chi connectivity index (χ1v) is 4.55. The minimum absolute atomic E-state index is 0.0532. The lowest BCUT2D eigenvalue weighted by molar-refractivity contribution is -0.156. The maximum Gasteiger partial charge on any atom is 0.335 e. The number of rotatable bonds is 6. The molecule has 0 aliphatic carbocycles. The molecule has 0 bridgehead atoms. The molecule has 0 spiro atoms. The third kappa shape index (κ3) is 4.37. The maximum absolute atomic E-state index is 11.3. The Morgan fingerprint density at radius 3 is 2.21 bits per heavy atom. The first kappa shape index (κ1) is 13.1. The average molecular weight is 201 g/mol. The molecule has 4 heteroatoms. The molecular formula is C10H17O4. The van der Waals surface area contributed by atoms with Gasteiger partial charge in [-0.15, -0.1) is 0 Å². The Kier molecular flexibility index (Phi) is 6.12. The van der Waals surface area contributed by atoms with E-state index in [2.05, 4.69) is 0 Å². The molecule has 81 valence electrons. The van der Waals surface area contributed by atoms with E-state index in [4.69, 9.17) is 9.47 Å². The van der Waals surface area contributed by atoms with Crippen LogP contribution in [0.25, 0.3) is 0 Å². The van der Waals surface area contributed by atoms with E-state index in [9.17, 15) is 9.59 Å². The Hall–Kier alpha value is -0.900. The summed E-state index contributed by atoms with van der Waals surface area (Å²) in [6.07, 6.45) is -0.727. The monoisotopic (exact) mass is 201 g/mol. The number of carbonyl (C=O) groups excluding carboxylic acids is 2. The molecule has 0 aliphatic rings. The van der Waals surface area contributed by atoms with Gasteiger partial charge in [0.2, 0.25) is 0 Å². The molecule has 0 saturated heterocycles. The highest BCUT2D eigenvalue weighted by Crippen LogP contribution is 2.08. The molecule has 0 aromatic rings. The quantitative estimate of drug-likeness (QED) is 0.605. The average Bonchev–Trinajstić information content (AvgIpc) is 2.13. The van der Waals surface area contributed by atoms with Gasteiger partial charge in [0, 0.05) is 19.4 Å². The predicted octanol–water partition coefficient (Wildman–Crippen LogP) is 1.14. The third-order valence-electron chi connectivity index (χ3n) is 1.76. The van der Waals surface area contributed by atoms with Crippen LogP contribution >= 0.6 is 0 Å². The van der Waals surface area contributed by atoms with Crippen LogP contribution in [0, 0.1) is 5.92 Å². The highest BCUT2D eigenvalue weighted by Gasteiger charge is 2.23. The second kappa shape index (κ2) is 6.54. The van der Waals surface area contributed by atoms with Crippen molar-refractivity contribution in [3.8, 4) is 0 Å². The van der Waals surface area contributed by atoms with Gasteiger partial charge in [0.05, 0.1) is 6.61 Å². The second-order valence-corrected chi connectivity index (χ2v) is 3.10. The number of ketones is 1. The molecule has 0 aliphatic heterocycles. The number of hydrogen-bond donors (Lipinski definition) is 0. The van der Waals surface area contributed by atoms with Gasteiger partial charge in [0.15, 0.2) is 6.10 Å². The van der Waals surface area contributed by atoms with Crippen LogP contribution < -0.4 is 0 Å². The van der Waals surface area contributed by atoms with E-state index in [1.165, 1.54) is 7.11 Å². The van der Waals surface area contributed by atoms with Crippen molar-refractivity contribution in [3.63, 3.8) is 0 Å². The van der Waals surface area contributed by atoms with Crippen LogP contribution in [0.4, 0.5) is 0 Å². The molecule has 1 atom stereocenters. The van der Waals surface area contributed by atoms with Crippen LogP contribution in [0.15, 0.2) is 0 Å². The van der Waals surface area contributed by atoms with Crippen molar-refractivity contribution in [2.45, 2.75) is 33.3 Å². The highest BCUT2D eigenvalue weighted by molar-refractivity contribution is 5.94. The van der Waals surface area contributed by atoms with Crippen LogP contribution in [0.1, 0.15) is 27.2 Å². The van der Waals surface area contributed by atoms with E-state index in [0.717, 1.165) is 0 Å². The summed E-state index contributed by atoms with van der Waals surface area (Å²) in [5, 5.41) is 0. The van der Waals surface area contributed by atoms with E-state index >= 15 is 0 Å². The number of methoxy groups -OCH3 is 1. The van der Waals surface area contributed by atoms with E-state index in [1.54, 1.807) is 20.8 Å². The van der Waals surface area contributed by atoms with Crippen molar-refractivity contribution in [2.75, 3.05) is 13.7 Å². The number of Topliss-reactive ketones (excluding diaryl/α,β-unsaturated/α-hetero) is 1. The van der Waals surface area contributed by atoms with Crippen molar-refractivity contribution < 1.29 is 19.1 Å². The van der Waals surface area contributed by atoms with Crippen molar-refractivity contribution in [1.29, 1.82) is 0 Å². The van der Waals surface area contributed by atoms with Gasteiger partial charge in [-0.2, -0.15) is 0 Å². The Bertz CT molecular complexity index is 198. The Morgan fingerprint density at radius 1 is 1.29 bits per heavy atom. The Balaban J connectivity index is 4.15. The van der Waals surface area contributed by atoms with E-state index in [1.807, 2.05) is 0 Å². The number of carbonyl (C=O) groups is 2. The summed E-state index contributed by atoms with van der Waals surface area (Å²) in [5.41, 5.74) is 0. The molecule has 0 heterocycles. The first-order chi connectivity index (χ1) is 6.52. The van der Waals surface area contributed by atoms with Crippen molar-refractivity contribution in [1.82, 2.24) is 0 Å². The fourth-order valence-electron chi connectivity index (χ4n) is 0.871. The van der Waals surface area contributed by atoms with E-state index in [-0.39, 0.29) is 12.2 Å². The normalized spacial score (nSPS) is 12.6. The molecule has 0 aromatic heterocycles. The standard InChI is InChI=1S/C10H17O4/c1-5-14-10(12)9(13-4)6-8(11)7(2)3/h9H,5-6H2,1-4H3. The zero-order valence-electron chi connectivity index (χ0n) is 9.12. The summed E-state index contributed by atoms with van der Waals surface area (Å²) in [6, 6.07) is 0. The molecule has 0 fully saturated rings. The van der Waals surface area contributed by atoms with E-state index < -0.39 is 12.1 Å². The number of hydrogen-bond acceptors (Lipinski definition) is 4. The summed E-state index contributed by atoms with van der Waals surface area (Å²) in [7, 11) is 1.39. The van der Waals surface area contributed by atoms with E-state index in [0.29, 0.717) is 12.5 Å². The fraction of sp³-hybridized carbons (Fsp3) is 0.700. The predicted molar refractivity (Wildman–Crippen MR) is 51.6 cm³/mol. The summed E-state index contributed by atoms with van der Waals surface area (Å²) >= 11 is 0. The highest BCUT2D eigenvalue weighted by atomic mass is 16.6. The zero-order chi connectivity index (χ0) is 11.1. The maximum atomic E-state index is 11.3. The van der Waals surface area contributed by atoms with Crippen molar-refractivity contribution >= 4 is 11.8 Å². The lowest BCUT2D eigenvalue weighted by Gasteiger charge is -2.13. The van der Waals surface area contributed by atoms with Crippen LogP contribution in [-0.2, 0) is 19.1 Å². The molecule has 0 amide bonds.